The van der Waals surface area contributed by atoms with Gasteiger partial charge in [-0.25, -0.2) is 4.79 Å². The summed E-state index contributed by atoms with van der Waals surface area (Å²) in [5.74, 6) is 0.198. The van der Waals surface area contributed by atoms with Crippen molar-refractivity contribution in [2.24, 2.45) is 5.92 Å². The maximum atomic E-state index is 12.1. The summed E-state index contributed by atoms with van der Waals surface area (Å²) >= 11 is 12.3. The van der Waals surface area contributed by atoms with Gasteiger partial charge >= 0.3 is 6.03 Å². The predicted molar refractivity (Wildman–Crippen MR) is 84.9 cm³/mol. The lowest BCUT2D eigenvalue weighted by Gasteiger charge is -2.21. The highest BCUT2D eigenvalue weighted by Crippen LogP contribution is 2.25. The molecule has 0 spiro atoms. The fraction of sp³-hybridized carbons (Fsp3) is 0.533. The molecule has 0 saturated carbocycles. The molecule has 0 aliphatic carbocycles. The van der Waals surface area contributed by atoms with Crippen molar-refractivity contribution in [3.63, 3.8) is 0 Å². The van der Waals surface area contributed by atoms with Gasteiger partial charge < -0.3 is 15.3 Å². The van der Waals surface area contributed by atoms with Gasteiger partial charge in [0, 0.05) is 41.7 Å². The third kappa shape index (κ3) is 4.25. The first kappa shape index (κ1) is 16.4. The maximum absolute atomic E-state index is 12.1. The first-order valence-corrected chi connectivity index (χ1v) is 7.86. The quantitative estimate of drug-likeness (QED) is 0.891. The van der Waals surface area contributed by atoms with E-state index in [1.54, 1.807) is 23.1 Å². The van der Waals surface area contributed by atoms with E-state index < -0.39 is 0 Å². The normalized spacial score (nSPS) is 19.6. The van der Waals surface area contributed by atoms with Crippen LogP contribution >= 0.6 is 23.2 Å². The van der Waals surface area contributed by atoms with Gasteiger partial charge in [-0.3, -0.25) is 0 Å². The van der Waals surface area contributed by atoms with Gasteiger partial charge in [-0.15, -0.1) is 0 Å². The van der Waals surface area contributed by atoms with E-state index in [1.165, 1.54) is 0 Å². The topological polar surface area (TPSA) is 52.6 Å². The van der Waals surface area contributed by atoms with Gasteiger partial charge in [0.25, 0.3) is 0 Å². The van der Waals surface area contributed by atoms with Crippen molar-refractivity contribution in [3.05, 3.63) is 33.8 Å². The van der Waals surface area contributed by atoms with Crippen LogP contribution in [-0.4, -0.2) is 41.8 Å². The minimum atomic E-state index is -0.0957. The Labute approximate surface area is 135 Å². The summed E-state index contributed by atoms with van der Waals surface area (Å²) < 4.78 is 0. The number of benzene rings is 1. The number of carbonyl (C=O) groups excluding carboxylic acids is 1. The molecular formula is C15H20Cl2N2O2. The molecule has 116 valence electrons. The Morgan fingerprint density at radius 2 is 2.14 bits per heavy atom. The molecule has 21 heavy (non-hydrogen) atoms. The van der Waals surface area contributed by atoms with Crippen LogP contribution in [-0.2, 0) is 6.42 Å². The average molecular weight is 331 g/mol. The Kier molecular flexibility index (Phi) is 5.73. The average Bonchev–Trinajstić information content (AvgIpc) is 2.92. The summed E-state index contributed by atoms with van der Waals surface area (Å²) in [6.45, 7) is 3.37. The van der Waals surface area contributed by atoms with Crippen LogP contribution in [0.15, 0.2) is 18.2 Å². The van der Waals surface area contributed by atoms with Gasteiger partial charge in [-0.05, 0) is 37.5 Å². The predicted octanol–water partition coefficient (Wildman–Crippen LogP) is 2.95. The number of aliphatic hydroxyl groups excluding tert-OH is 1. The maximum Gasteiger partial charge on any atom is 0.317 e. The van der Waals surface area contributed by atoms with Gasteiger partial charge in [-0.1, -0.05) is 29.3 Å². The summed E-state index contributed by atoms with van der Waals surface area (Å²) in [5, 5.41) is 13.3. The number of urea groups is 1. The second kappa shape index (κ2) is 7.34. The standard InChI is InChI=1S/C15H20Cl2N2O2/c1-10(7-12-13(16)3-2-4-14(12)17)18-15(21)19-6-5-11(8-19)9-20/h2-4,10-11,20H,5-9H2,1H3,(H,18,21)/t10-,11-/m0/s1. The number of nitrogens with zero attached hydrogens (tertiary/aromatic N) is 1. The fourth-order valence-corrected chi connectivity index (χ4v) is 3.10. The van der Waals surface area contributed by atoms with Crippen LogP contribution in [0.25, 0.3) is 0 Å². The lowest BCUT2D eigenvalue weighted by Crippen LogP contribution is -2.43. The highest BCUT2D eigenvalue weighted by molar-refractivity contribution is 6.36. The number of amides is 2. The molecule has 1 aliphatic heterocycles. The molecule has 0 aromatic heterocycles. The molecule has 1 fully saturated rings. The summed E-state index contributed by atoms with van der Waals surface area (Å²) in [6, 6.07) is 5.23. The molecule has 1 saturated heterocycles. The molecule has 0 bridgehead atoms. The molecule has 0 unspecified atom stereocenters. The van der Waals surface area contributed by atoms with Crippen molar-refractivity contribution in [2.75, 3.05) is 19.7 Å². The Morgan fingerprint density at radius 1 is 1.48 bits per heavy atom. The summed E-state index contributed by atoms with van der Waals surface area (Å²) in [7, 11) is 0. The van der Waals surface area contributed by atoms with Crippen molar-refractivity contribution in [2.45, 2.75) is 25.8 Å². The number of hydrogen-bond donors (Lipinski definition) is 2. The van der Waals surface area contributed by atoms with E-state index in [-0.39, 0.29) is 24.6 Å². The van der Waals surface area contributed by atoms with E-state index >= 15 is 0 Å². The molecule has 2 amide bonds. The minimum absolute atomic E-state index is 0.0666. The fourth-order valence-electron chi connectivity index (χ4n) is 2.55. The van der Waals surface area contributed by atoms with Crippen LogP contribution in [0.4, 0.5) is 4.79 Å². The lowest BCUT2D eigenvalue weighted by atomic mass is 10.1. The number of likely N-dealkylation sites (tertiary alicyclic amines) is 1. The van der Waals surface area contributed by atoms with Gasteiger partial charge in [0.05, 0.1) is 0 Å². The van der Waals surface area contributed by atoms with Gasteiger partial charge in [0.1, 0.15) is 0 Å². The number of aliphatic hydroxyl groups is 1. The van der Waals surface area contributed by atoms with Crippen LogP contribution in [0.5, 0.6) is 0 Å². The van der Waals surface area contributed by atoms with E-state index in [0.29, 0.717) is 29.6 Å². The molecule has 6 heteroatoms. The number of hydrogen-bond acceptors (Lipinski definition) is 2. The summed E-state index contributed by atoms with van der Waals surface area (Å²) in [6.07, 6.45) is 1.44. The number of rotatable bonds is 4. The van der Waals surface area contributed by atoms with Crippen molar-refractivity contribution < 1.29 is 9.90 Å². The summed E-state index contributed by atoms with van der Waals surface area (Å²) in [4.78, 5) is 13.9. The van der Waals surface area contributed by atoms with Crippen molar-refractivity contribution in [1.29, 1.82) is 0 Å². The zero-order chi connectivity index (χ0) is 15.4. The van der Waals surface area contributed by atoms with Crippen LogP contribution in [0.3, 0.4) is 0 Å². The first-order chi connectivity index (χ1) is 10.0. The molecule has 1 aliphatic rings. The molecule has 2 atom stereocenters. The molecule has 1 aromatic rings. The number of carbonyl (C=O) groups is 1. The van der Waals surface area contributed by atoms with Gasteiger partial charge in [0.2, 0.25) is 0 Å². The molecule has 0 radical (unpaired) electrons. The highest BCUT2D eigenvalue weighted by Gasteiger charge is 2.26. The van der Waals surface area contributed by atoms with E-state index in [9.17, 15) is 4.79 Å². The second-order valence-corrected chi connectivity index (χ2v) is 6.35. The Bertz CT molecular complexity index is 490. The molecule has 2 rings (SSSR count). The van der Waals surface area contributed by atoms with Crippen LogP contribution in [0.2, 0.25) is 10.0 Å². The highest BCUT2D eigenvalue weighted by atomic mass is 35.5. The number of halogens is 2. The van der Waals surface area contributed by atoms with Crippen molar-refractivity contribution in [3.8, 4) is 0 Å². The SMILES string of the molecule is C[C@@H](Cc1c(Cl)cccc1Cl)NC(=O)N1CC[C@H](CO)C1. The monoisotopic (exact) mass is 330 g/mol. The van der Waals surface area contributed by atoms with Crippen LogP contribution in [0, 0.1) is 5.92 Å². The van der Waals surface area contributed by atoms with Gasteiger partial charge in [0.15, 0.2) is 0 Å². The molecule has 4 nitrogen and oxygen atoms in total. The second-order valence-electron chi connectivity index (χ2n) is 5.54. The molecular weight excluding hydrogens is 311 g/mol. The third-order valence-electron chi connectivity index (χ3n) is 3.77. The van der Waals surface area contributed by atoms with Crippen molar-refractivity contribution >= 4 is 29.2 Å². The van der Waals surface area contributed by atoms with Crippen LogP contribution < -0.4 is 5.32 Å². The largest absolute Gasteiger partial charge is 0.396 e. The Hall–Kier alpha value is -0.970. The smallest absolute Gasteiger partial charge is 0.317 e. The number of nitrogens with one attached hydrogen (secondary N) is 1. The van der Waals surface area contributed by atoms with Crippen molar-refractivity contribution in [1.82, 2.24) is 10.2 Å². The third-order valence-corrected chi connectivity index (χ3v) is 4.48. The Morgan fingerprint density at radius 3 is 2.71 bits per heavy atom. The van der Waals surface area contributed by atoms with E-state index in [2.05, 4.69) is 5.32 Å². The van der Waals surface area contributed by atoms with E-state index in [1.807, 2.05) is 6.92 Å². The van der Waals surface area contributed by atoms with Gasteiger partial charge in [-0.2, -0.15) is 0 Å². The Balaban J connectivity index is 1.90. The first-order valence-electron chi connectivity index (χ1n) is 7.10. The zero-order valence-corrected chi connectivity index (χ0v) is 13.5. The van der Waals surface area contributed by atoms with E-state index in [4.69, 9.17) is 28.3 Å². The minimum Gasteiger partial charge on any atom is -0.396 e. The molecule has 2 N–H and O–H groups in total. The zero-order valence-electron chi connectivity index (χ0n) is 12.0. The lowest BCUT2D eigenvalue weighted by molar-refractivity contribution is 0.195. The van der Waals surface area contributed by atoms with E-state index in [0.717, 1.165) is 12.0 Å². The molecule has 1 aromatic carbocycles. The summed E-state index contributed by atoms with van der Waals surface area (Å²) in [5.41, 5.74) is 0.850. The van der Waals surface area contributed by atoms with Crippen LogP contribution in [0.1, 0.15) is 18.9 Å². The molecule has 1 heterocycles.